The van der Waals surface area contributed by atoms with E-state index in [-0.39, 0.29) is 0 Å². The summed E-state index contributed by atoms with van der Waals surface area (Å²) in [6, 6.07) is 20.9. The molecule has 0 atom stereocenters. The number of benzene rings is 2. The summed E-state index contributed by atoms with van der Waals surface area (Å²) >= 11 is 0. The van der Waals surface area contributed by atoms with E-state index in [9.17, 15) is 0 Å². The Labute approximate surface area is 124 Å². The summed E-state index contributed by atoms with van der Waals surface area (Å²) in [4.78, 5) is 9.17. The molecule has 102 valence electrons. The first kappa shape index (κ1) is 12.3. The highest BCUT2D eigenvalue weighted by atomic mass is 14.9. The maximum atomic E-state index is 4.59. The minimum atomic E-state index is 0.608. The Bertz CT molecular complexity index is 689. The van der Waals surface area contributed by atoms with Gasteiger partial charge in [0.15, 0.2) is 0 Å². The van der Waals surface area contributed by atoms with E-state index in [2.05, 4.69) is 58.5 Å². The lowest BCUT2D eigenvalue weighted by molar-refractivity contribution is 1.05. The van der Waals surface area contributed by atoms with E-state index in [1.165, 1.54) is 29.5 Å². The quantitative estimate of drug-likeness (QED) is 0.691. The molecule has 2 nitrogen and oxygen atoms in total. The molecule has 2 aromatic carbocycles. The molecule has 0 amide bonds. The summed E-state index contributed by atoms with van der Waals surface area (Å²) < 4.78 is 0. The minimum Gasteiger partial charge on any atom is -0.236 e. The van der Waals surface area contributed by atoms with Crippen LogP contribution in [0.15, 0.2) is 67.0 Å². The highest BCUT2D eigenvalue weighted by Gasteiger charge is 2.30. The van der Waals surface area contributed by atoms with Crippen LogP contribution in [0.5, 0.6) is 0 Å². The maximum Gasteiger partial charge on any atom is 0.116 e. The van der Waals surface area contributed by atoms with Crippen molar-refractivity contribution in [1.29, 1.82) is 0 Å². The number of hydrogen-bond donors (Lipinski definition) is 0. The van der Waals surface area contributed by atoms with Gasteiger partial charge in [0.1, 0.15) is 6.33 Å². The van der Waals surface area contributed by atoms with Crippen LogP contribution < -0.4 is 0 Å². The predicted octanol–water partition coefficient (Wildman–Crippen LogP) is 4.69. The Morgan fingerprint density at radius 1 is 0.667 bits per heavy atom. The molecule has 1 aliphatic rings. The molecule has 0 aliphatic heterocycles. The van der Waals surface area contributed by atoms with Gasteiger partial charge >= 0.3 is 0 Å². The summed E-state index contributed by atoms with van der Waals surface area (Å²) in [5.41, 5.74) is 5.85. The Balaban J connectivity index is 1.93. The van der Waals surface area contributed by atoms with Gasteiger partial charge in [-0.3, -0.25) is 0 Å². The first-order valence-corrected chi connectivity index (χ1v) is 7.39. The Hall–Kier alpha value is -2.48. The van der Waals surface area contributed by atoms with Gasteiger partial charge in [0, 0.05) is 16.7 Å². The first-order chi connectivity index (χ1) is 10.4. The molecule has 1 aliphatic carbocycles. The lowest BCUT2D eigenvalue weighted by atomic mass is 9.97. The van der Waals surface area contributed by atoms with Gasteiger partial charge < -0.3 is 0 Å². The second kappa shape index (κ2) is 5.13. The van der Waals surface area contributed by atoms with Gasteiger partial charge in [0.05, 0.1) is 11.4 Å². The molecule has 1 aromatic heterocycles. The standard InChI is InChI=1S/C19H16N2/c1-3-7-15(8-4-1)18-17(14-11-12-14)19(21-13-20-18)16-9-5-2-6-10-16/h1-10,13-14H,11-12H2. The smallest absolute Gasteiger partial charge is 0.116 e. The molecule has 1 saturated carbocycles. The van der Waals surface area contributed by atoms with E-state index < -0.39 is 0 Å². The highest BCUT2D eigenvalue weighted by Crippen LogP contribution is 2.47. The van der Waals surface area contributed by atoms with Gasteiger partial charge in [-0.2, -0.15) is 0 Å². The topological polar surface area (TPSA) is 25.8 Å². The molecule has 0 N–H and O–H groups in total. The third-order valence-electron chi connectivity index (χ3n) is 3.96. The van der Waals surface area contributed by atoms with Crippen LogP contribution in [0, 0.1) is 0 Å². The molecule has 0 radical (unpaired) electrons. The van der Waals surface area contributed by atoms with E-state index in [1.54, 1.807) is 6.33 Å². The number of rotatable bonds is 3. The molecule has 0 saturated heterocycles. The van der Waals surface area contributed by atoms with E-state index in [0.29, 0.717) is 5.92 Å². The van der Waals surface area contributed by atoms with E-state index in [1.807, 2.05) is 12.1 Å². The van der Waals surface area contributed by atoms with Crippen molar-refractivity contribution < 1.29 is 0 Å². The molecule has 4 rings (SSSR count). The van der Waals surface area contributed by atoms with Crippen molar-refractivity contribution in [3.63, 3.8) is 0 Å². The van der Waals surface area contributed by atoms with Crippen molar-refractivity contribution >= 4 is 0 Å². The molecular weight excluding hydrogens is 256 g/mol. The first-order valence-electron chi connectivity index (χ1n) is 7.39. The van der Waals surface area contributed by atoms with Crippen LogP contribution in [0.4, 0.5) is 0 Å². The van der Waals surface area contributed by atoms with Gasteiger partial charge in [-0.05, 0) is 18.8 Å². The third-order valence-corrected chi connectivity index (χ3v) is 3.96. The molecule has 2 heteroatoms. The van der Waals surface area contributed by atoms with Gasteiger partial charge in [-0.15, -0.1) is 0 Å². The average molecular weight is 272 g/mol. The zero-order valence-electron chi connectivity index (χ0n) is 11.7. The molecule has 1 heterocycles. The number of nitrogens with zero attached hydrogens (tertiary/aromatic N) is 2. The van der Waals surface area contributed by atoms with Gasteiger partial charge in [-0.25, -0.2) is 9.97 Å². The van der Waals surface area contributed by atoms with Crippen LogP contribution in [0.3, 0.4) is 0 Å². The van der Waals surface area contributed by atoms with Crippen LogP contribution in [-0.4, -0.2) is 9.97 Å². The highest BCUT2D eigenvalue weighted by molar-refractivity contribution is 5.74. The van der Waals surface area contributed by atoms with E-state index in [4.69, 9.17) is 0 Å². The Morgan fingerprint density at radius 2 is 1.14 bits per heavy atom. The fourth-order valence-corrected chi connectivity index (χ4v) is 2.81. The van der Waals surface area contributed by atoms with Crippen molar-refractivity contribution in [2.24, 2.45) is 0 Å². The summed E-state index contributed by atoms with van der Waals surface area (Å²) in [6.45, 7) is 0. The van der Waals surface area contributed by atoms with Crippen LogP contribution in [0.2, 0.25) is 0 Å². The van der Waals surface area contributed by atoms with Crippen molar-refractivity contribution in [2.45, 2.75) is 18.8 Å². The molecule has 0 unspecified atom stereocenters. The van der Waals surface area contributed by atoms with E-state index in [0.717, 1.165) is 11.4 Å². The summed E-state index contributed by atoms with van der Waals surface area (Å²) in [6.07, 6.45) is 4.18. The fourth-order valence-electron chi connectivity index (χ4n) is 2.81. The molecule has 21 heavy (non-hydrogen) atoms. The second-order valence-corrected chi connectivity index (χ2v) is 5.49. The largest absolute Gasteiger partial charge is 0.236 e. The lowest BCUT2D eigenvalue weighted by Crippen LogP contribution is -1.98. The van der Waals surface area contributed by atoms with Crippen LogP contribution in [0.1, 0.15) is 24.3 Å². The molecule has 3 aromatic rings. The third kappa shape index (κ3) is 2.33. The molecule has 0 bridgehead atoms. The summed E-state index contributed by atoms with van der Waals surface area (Å²) in [7, 11) is 0. The Morgan fingerprint density at radius 3 is 1.57 bits per heavy atom. The van der Waals surface area contributed by atoms with E-state index >= 15 is 0 Å². The normalized spacial score (nSPS) is 14.1. The van der Waals surface area contributed by atoms with Crippen LogP contribution >= 0.6 is 0 Å². The minimum absolute atomic E-state index is 0.608. The number of hydrogen-bond acceptors (Lipinski definition) is 2. The van der Waals surface area contributed by atoms with Crippen LogP contribution in [0.25, 0.3) is 22.5 Å². The Kier molecular flexibility index (Phi) is 3.00. The summed E-state index contributed by atoms with van der Waals surface area (Å²) in [5, 5.41) is 0. The fraction of sp³-hybridized carbons (Fsp3) is 0.158. The van der Waals surface area contributed by atoms with Crippen molar-refractivity contribution in [2.75, 3.05) is 0 Å². The van der Waals surface area contributed by atoms with Crippen LogP contribution in [-0.2, 0) is 0 Å². The zero-order chi connectivity index (χ0) is 14.1. The molecule has 0 spiro atoms. The molecular formula is C19H16N2. The van der Waals surface area contributed by atoms with Gasteiger partial charge in [-0.1, -0.05) is 60.7 Å². The summed E-state index contributed by atoms with van der Waals surface area (Å²) in [5.74, 6) is 0.608. The zero-order valence-corrected chi connectivity index (χ0v) is 11.7. The monoisotopic (exact) mass is 272 g/mol. The van der Waals surface area contributed by atoms with Crippen molar-refractivity contribution in [3.05, 3.63) is 72.6 Å². The SMILES string of the molecule is c1ccc(-c2ncnc(-c3ccccc3)c2C2CC2)cc1. The predicted molar refractivity (Wildman–Crippen MR) is 84.9 cm³/mol. The van der Waals surface area contributed by atoms with Crippen molar-refractivity contribution in [3.8, 4) is 22.5 Å². The second-order valence-electron chi connectivity index (χ2n) is 5.49. The van der Waals surface area contributed by atoms with Gasteiger partial charge in [0.25, 0.3) is 0 Å². The van der Waals surface area contributed by atoms with Crippen molar-refractivity contribution in [1.82, 2.24) is 9.97 Å². The van der Waals surface area contributed by atoms with Gasteiger partial charge in [0.2, 0.25) is 0 Å². The molecule has 1 fully saturated rings. The lowest BCUT2D eigenvalue weighted by Gasteiger charge is -2.13. The average Bonchev–Trinajstić information content (AvgIpc) is 3.41. The maximum absolute atomic E-state index is 4.59. The number of aromatic nitrogens is 2.